The molecule has 1 aliphatic heterocycles. The second-order valence-corrected chi connectivity index (χ2v) is 11.3. The van der Waals surface area contributed by atoms with Gasteiger partial charge in [0.05, 0.1) is 11.5 Å². The van der Waals surface area contributed by atoms with E-state index in [1.807, 2.05) is 0 Å². The third-order valence-electron chi connectivity index (χ3n) is 9.02. The molecule has 3 unspecified atom stereocenters. The predicted molar refractivity (Wildman–Crippen MR) is 130 cm³/mol. The molecule has 2 heterocycles. The van der Waals surface area contributed by atoms with E-state index in [4.69, 9.17) is 4.98 Å². The molecule has 164 valence electrons. The van der Waals surface area contributed by atoms with Crippen LogP contribution in [0.3, 0.4) is 0 Å². The molecule has 0 radical (unpaired) electrons. The number of fused-ring (bicyclic) bond motifs is 7. The highest BCUT2D eigenvalue weighted by Gasteiger charge is 2.65. The lowest BCUT2D eigenvalue weighted by molar-refractivity contribution is -0.670. The van der Waals surface area contributed by atoms with Crippen LogP contribution in [0.2, 0.25) is 0 Å². The normalized spacial score (nSPS) is 25.3. The molecule has 2 fully saturated rings. The second-order valence-electron chi connectivity index (χ2n) is 11.3. The van der Waals surface area contributed by atoms with E-state index in [1.165, 1.54) is 75.6 Å². The van der Waals surface area contributed by atoms with Gasteiger partial charge < -0.3 is 5.11 Å². The first kappa shape index (κ1) is 18.6. The molecule has 3 heteroatoms. The van der Waals surface area contributed by atoms with Crippen molar-refractivity contribution < 1.29 is 9.67 Å². The summed E-state index contributed by atoms with van der Waals surface area (Å²) in [5.74, 6) is 0.773. The molecule has 8 rings (SSSR count). The summed E-state index contributed by atoms with van der Waals surface area (Å²) in [7, 11) is 0. The maximum absolute atomic E-state index is 11.2. The molecule has 4 aliphatic rings. The van der Waals surface area contributed by atoms with Crippen molar-refractivity contribution >= 4 is 21.8 Å². The zero-order valence-electron chi connectivity index (χ0n) is 19.3. The number of aliphatic hydroxyl groups excluding tert-OH is 1. The average molecular weight is 434 g/mol. The van der Waals surface area contributed by atoms with Gasteiger partial charge in [0.15, 0.2) is 6.04 Å². The van der Waals surface area contributed by atoms with Gasteiger partial charge >= 0.3 is 0 Å². The first-order valence-corrected chi connectivity index (χ1v) is 12.7. The zero-order chi connectivity index (χ0) is 22.1. The Hall–Kier alpha value is -2.78. The summed E-state index contributed by atoms with van der Waals surface area (Å²) in [6.45, 7) is 4.58. The lowest BCUT2D eigenvalue weighted by Gasteiger charge is -2.37. The maximum atomic E-state index is 11.2. The summed E-state index contributed by atoms with van der Waals surface area (Å²) in [5, 5.41) is 13.9. The third-order valence-corrected chi connectivity index (χ3v) is 9.02. The Bertz CT molecular complexity index is 1510. The lowest BCUT2D eigenvalue weighted by atomic mass is 9.67. The fourth-order valence-corrected chi connectivity index (χ4v) is 7.69. The fraction of sp³-hybridized carbons (Fsp3) is 0.400. The van der Waals surface area contributed by atoms with Gasteiger partial charge in [0.25, 0.3) is 0 Å². The smallest absolute Gasteiger partial charge is 0.236 e. The van der Waals surface area contributed by atoms with Crippen molar-refractivity contribution in [2.24, 2.45) is 5.92 Å². The molecule has 0 bridgehead atoms. The van der Waals surface area contributed by atoms with E-state index in [9.17, 15) is 5.11 Å². The van der Waals surface area contributed by atoms with Crippen LogP contribution in [0.5, 0.6) is 0 Å². The van der Waals surface area contributed by atoms with Gasteiger partial charge in [-0.05, 0) is 47.3 Å². The molecule has 3 atom stereocenters. The van der Waals surface area contributed by atoms with Gasteiger partial charge in [-0.2, -0.15) is 4.57 Å². The molecule has 3 nitrogen and oxygen atoms in total. The molecule has 0 saturated heterocycles. The van der Waals surface area contributed by atoms with Crippen LogP contribution in [0.15, 0.2) is 48.5 Å². The molecular weight excluding hydrogens is 404 g/mol. The Morgan fingerprint density at radius 2 is 1.88 bits per heavy atom. The Balaban J connectivity index is 1.60. The first-order valence-electron chi connectivity index (χ1n) is 12.7. The maximum Gasteiger partial charge on any atom is 0.236 e. The minimum atomic E-state index is -0.315. The van der Waals surface area contributed by atoms with Crippen molar-refractivity contribution in [2.45, 2.75) is 69.4 Å². The van der Waals surface area contributed by atoms with Gasteiger partial charge in [0.1, 0.15) is 17.3 Å². The van der Waals surface area contributed by atoms with Crippen molar-refractivity contribution in [1.29, 1.82) is 0 Å². The Labute approximate surface area is 194 Å². The molecule has 1 spiro atoms. The highest BCUT2D eigenvalue weighted by molar-refractivity contribution is 6.04. The minimum absolute atomic E-state index is 0.00592. The van der Waals surface area contributed by atoms with Crippen molar-refractivity contribution in [3.05, 3.63) is 70.9 Å². The van der Waals surface area contributed by atoms with Crippen molar-refractivity contribution in [3.63, 3.8) is 0 Å². The summed E-state index contributed by atoms with van der Waals surface area (Å²) in [6, 6.07) is 18.3. The van der Waals surface area contributed by atoms with Gasteiger partial charge in [-0.15, -0.1) is 0 Å². The summed E-state index contributed by atoms with van der Waals surface area (Å²) >= 11 is 0. The molecule has 3 aromatic carbocycles. The second kappa shape index (κ2) is 6.01. The third kappa shape index (κ3) is 2.11. The van der Waals surface area contributed by atoms with Gasteiger partial charge in [0.2, 0.25) is 11.2 Å². The molecular formula is C30H29N2O+. The van der Waals surface area contributed by atoms with Crippen molar-refractivity contribution in [3.8, 4) is 11.3 Å². The van der Waals surface area contributed by atoms with E-state index >= 15 is 0 Å². The number of hydrogen-bond donors (Lipinski definition) is 1. The Morgan fingerprint density at radius 1 is 1.06 bits per heavy atom. The molecule has 0 amide bonds. The van der Waals surface area contributed by atoms with Crippen LogP contribution in [-0.4, -0.2) is 16.2 Å². The summed E-state index contributed by atoms with van der Waals surface area (Å²) in [6.07, 6.45) is 5.57. The fourth-order valence-electron chi connectivity index (χ4n) is 7.69. The standard InChI is InChI=1S/C30H29N2O/c1-16(2)15-18-8-6-10-21-25(18)31-29-27-23-19(24-26(28(24)33)32(21)27)12-11-17-7-5-9-20(22(17)23)30(29)13-3-4-14-30/h5-12,16,24,26,28,33H,3-4,13-15H2,1-2H3/q+1. The summed E-state index contributed by atoms with van der Waals surface area (Å²) in [4.78, 5) is 5.60. The number of rotatable bonds is 2. The molecule has 4 aromatic rings. The SMILES string of the molecule is CC(C)Cc1cccc2c1nc1c3[n+]2C2C(O)C2c2ccc4cccc(c4c2-3)C12CCCC2. The Morgan fingerprint density at radius 3 is 2.70 bits per heavy atom. The largest absolute Gasteiger partial charge is 0.385 e. The van der Waals surface area contributed by atoms with E-state index in [1.54, 1.807) is 0 Å². The molecule has 3 aliphatic carbocycles. The van der Waals surface area contributed by atoms with E-state index in [2.05, 4.69) is 66.9 Å². The van der Waals surface area contributed by atoms with Gasteiger partial charge in [-0.25, -0.2) is 4.98 Å². The van der Waals surface area contributed by atoms with Crippen LogP contribution < -0.4 is 4.57 Å². The zero-order valence-corrected chi connectivity index (χ0v) is 19.3. The van der Waals surface area contributed by atoms with Gasteiger partial charge in [0, 0.05) is 16.9 Å². The van der Waals surface area contributed by atoms with E-state index < -0.39 is 0 Å². The van der Waals surface area contributed by atoms with Crippen LogP contribution in [0.1, 0.15) is 73.9 Å². The predicted octanol–water partition coefficient (Wildman–Crippen LogP) is 5.73. The highest BCUT2D eigenvalue weighted by atomic mass is 16.3. The number of aromatic nitrogens is 2. The highest BCUT2D eigenvalue weighted by Crippen LogP contribution is 2.62. The number of hydrogen-bond acceptors (Lipinski definition) is 2. The number of benzene rings is 3. The molecule has 1 aromatic heterocycles. The van der Waals surface area contributed by atoms with Gasteiger partial charge in [-0.3, -0.25) is 0 Å². The Kier molecular flexibility index (Phi) is 3.39. The van der Waals surface area contributed by atoms with Gasteiger partial charge in [-0.1, -0.05) is 69.2 Å². The first-order chi connectivity index (χ1) is 16.1. The van der Waals surface area contributed by atoms with Crippen molar-refractivity contribution in [1.82, 2.24) is 4.98 Å². The van der Waals surface area contributed by atoms with Crippen LogP contribution in [0, 0.1) is 5.92 Å². The quantitative estimate of drug-likeness (QED) is 0.410. The topological polar surface area (TPSA) is 37.0 Å². The van der Waals surface area contributed by atoms with Crippen molar-refractivity contribution in [2.75, 3.05) is 0 Å². The van der Waals surface area contributed by atoms with E-state index in [0.717, 1.165) is 11.9 Å². The average Bonchev–Trinajstić information content (AvgIpc) is 3.24. The van der Waals surface area contributed by atoms with Crippen LogP contribution in [0.4, 0.5) is 0 Å². The molecule has 33 heavy (non-hydrogen) atoms. The lowest BCUT2D eigenvalue weighted by Crippen LogP contribution is -2.45. The van der Waals surface area contributed by atoms with E-state index in [0.29, 0.717) is 5.92 Å². The number of para-hydroxylation sites is 1. The number of nitrogens with zero attached hydrogens (tertiary/aromatic N) is 2. The summed E-state index contributed by atoms with van der Waals surface area (Å²) < 4.78 is 2.52. The number of aliphatic hydroxyl groups is 1. The molecule has 2 saturated carbocycles. The molecule has 1 N–H and O–H groups in total. The van der Waals surface area contributed by atoms with Crippen LogP contribution in [-0.2, 0) is 11.8 Å². The van der Waals surface area contributed by atoms with Crippen LogP contribution in [0.25, 0.3) is 33.1 Å². The van der Waals surface area contributed by atoms with Crippen LogP contribution >= 0.6 is 0 Å². The monoisotopic (exact) mass is 433 g/mol. The van der Waals surface area contributed by atoms with E-state index in [-0.39, 0.29) is 23.5 Å². The minimum Gasteiger partial charge on any atom is -0.385 e. The summed E-state index contributed by atoms with van der Waals surface area (Å²) in [5.41, 5.74) is 10.5.